The van der Waals surface area contributed by atoms with Gasteiger partial charge in [-0.25, -0.2) is 0 Å². The van der Waals surface area contributed by atoms with Gasteiger partial charge < -0.3 is 14.8 Å². The van der Waals surface area contributed by atoms with Crippen LogP contribution in [-0.2, 0) is 13.2 Å². The van der Waals surface area contributed by atoms with E-state index in [4.69, 9.17) is 21.1 Å². The van der Waals surface area contributed by atoms with Crippen molar-refractivity contribution in [3.05, 3.63) is 56.1 Å². The van der Waals surface area contributed by atoms with E-state index in [0.717, 1.165) is 17.7 Å². The lowest BCUT2D eigenvalue weighted by molar-refractivity contribution is 0.284. The molecule has 0 aliphatic carbocycles. The molecule has 2 aromatic rings. The first-order valence-electron chi connectivity index (χ1n) is 6.52. The molecule has 0 bridgehead atoms. The lowest BCUT2D eigenvalue weighted by Gasteiger charge is -2.14. The minimum absolute atomic E-state index is 0.457. The fourth-order valence-electron chi connectivity index (χ4n) is 1.96. The zero-order valence-electron chi connectivity index (χ0n) is 12.0. The van der Waals surface area contributed by atoms with Gasteiger partial charge in [-0.2, -0.15) is 0 Å². The summed E-state index contributed by atoms with van der Waals surface area (Å²) < 4.78 is 12.4. The van der Waals surface area contributed by atoms with E-state index in [1.807, 2.05) is 43.4 Å². The summed E-state index contributed by atoms with van der Waals surface area (Å²) in [6.45, 7) is 1.19. The van der Waals surface area contributed by atoms with E-state index in [1.54, 1.807) is 7.11 Å². The monoisotopic (exact) mass is 417 g/mol. The zero-order valence-corrected chi connectivity index (χ0v) is 14.9. The molecular weight excluding hydrogens is 401 g/mol. The Bertz CT molecular complexity index is 602. The molecule has 0 aliphatic rings. The topological polar surface area (TPSA) is 30.5 Å². The van der Waals surface area contributed by atoms with Crippen LogP contribution < -0.4 is 14.8 Å². The van der Waals surface area contributed by atoms with Gasteiger partial charge in [0.2, 0.25) is 0 Å². The van der Waals surface area contributed by atoms with Gasteiger partial charge in [-0.15, -0.1) is 0 Å². The van der Waals surface area contributed by atoms with Gasteiger partial charge in [0.05, 0.1) is 12.1 Å². The first-order valence-corrected chi connectivity index (χ1v) is 7.98. The van der Waals surface area contributed by atoms with Gasteiger partial charge in [0, 0.05) is 10.1 Å². The van der Waals surface area contributed by atoms with Gasteiger partial charge in [0.25, 0.3) is 0 Å². The Balaban J connectivity index is 2.16. The molecule has 0 fully saturated rings. The molecule has 2 rings (SSSR count). The Kier molecular flexibility index (Phi) is 6.14. The average Bonchev–Trinajstić information content (AvgIpc) is 2.47. The molecule has 0 aliphatic heterocycles. The van der Waals surface area contributed by atoms with E-state index in [0.29, 0.717) is 23.1 Å². The lowest BCUT2D eigenvalue weighted by Crippen LogP contribution is -2.06. The Morgan fingerprint density at radius 3 is 2.48 bits per heavy atom. The normalized spacial score (nSPS) is 10.5. The number of nitrogens with one attached hydrogen (secondary N) is 1. The Hall–Kier alpha value is -0.980. The van der Waals surface area contributed by atoms with Gasteiger partial charge in [0.1, 0.15) is 6.61 Å². The molecule has 2 aromatic carbocycles. The molecule has 0 saturated heterocycles. The van der Waals surface area contributed by atoms with Crippen LogP contribution in [0.25, 0.3) is 0 Å². The number of benzene rings is 2. The molecule has 0 radical (unpaired) electrons. The molecule has 3 nitrogen and oxygen atoms in total. The maximum Gasteiger partial charge on any atom is 0.180 e. The third-order valence-electron chi connectivity index (χ3n) is 2.97. The summed E-state index contributed by atoms with van der Waals surface area (Å²) in [4.78, 5) is 0. The van der Waals surface area contributed by atoms with Crippen molar-refractivity contribution in [2.24, 2.45) is 0 Å². The Labute approximate surface area is 143 Å². The number of methoxy groups -OCH3 is 1. The third-order valence-corrected chi connectivity index (χ3v) is 3.97. The molecule has 0 spiro atoms. The Morgan fingerprint density at radius 2 is 1.86 bits per heavy atom. The predicted octanol–water partition coefficient (Wildman–Crippen LogP) is 4.25. The highest BCUT2D eigenvalue weighted by Gasteiger charge is 2.12. The van der Waals surface area contributed by atoms with Gasteiger partial charge in [-0.3, -0.25) is 0 Å². The summed E-state index contributed by atoms with van der Waals surface area (Å²) in [6.07, 6.45) is 0. The number of rotatable bonds is 6. The fraction of sp³-hybridized carbons (Fsp3) is 0.250. The number of ether oxygens (including phenoxy) is 2. The summed E-state index contributed by atoms with van der Waals surface area (Å²) in [7, 11) is 3.51. The second-order valence-electron chi connectivity index (χ2n) is 4.55. The second-order valence-corrected chi connectivity index (χ2v) is 6.21. The lowest BCUT2D eigenvalue weighted by atomic mass is 10.2. The smallest absolute Gasteiger partial charge is 0.180 e. The van der Waals surface area contributed by atoms with Gasteiger partial charge in [-0.05, 0) is 65.0 Å². The molecule has 0 unspecified atom stereocenters. The predicted molar refractivity (Wildman–Crippen MR) is 94.3 cm³/mol. The highest BCUT2D eigenvalue weighted by molar-refractivity contribution is 14.1. The van der Waals surface area contributed by atoms with E-state index in [9.17, 15) is 0 Å². The molecule has 112 valence electrons. The standard InChI is InChI=1S/C16H17ClINO2/c1-19-9-12-7-14(17)16(15(8-12)20-2)21-10-11-3-5-13(18)6-4-11/h3-8,19H,9-10H2,1-2H3. The van der Waals surface area contributed by atoms with Crippen LogP contribution in [0.5, 0.6) is 11.5 Å². The van der Waals surface area contributed by atoms with Crippen molar-refractivity contribution in [2.75, 3.05) is 14.2 Å². The maximum absolute atomic E-state index is 6.31. The molecule has 1 N–H and O–H groups in total. The van der Waals surface area contributed by atoms with Crippen LogP contribution in [0.15, 0.2) is 36.4 Å². The van der Waals surface area contributed by atoms with Crippen LogP contribution in [0.3, 0.4) is 0 Å². The molecular formula is C16H17ClINO2. The van der Waals surface area contributed by atoms with Crippen molar-refractivity contribution in [2.45, 2.75) is 13.2 Å². The summed E-state index contributed by atoms with van der Waals surface area (Å²) >= 11 is 8.58. The molecule has 0 aromatic heterocycles. The largest absolute Gasteiger partial charge is 0.493 e. The second kappa shape index (κ2) is 7.87. The van der Waals surface area contributed by atoms with Gasteiger partial charge in [-0.1, -0.05) is 23.7 Å². The average molecular weight is 418 g/mol. The van der Waals surface area contributed by atoms with E-state index < -0.39 is 0 Å². The van der Waals surface area contributed by atoms with Crippen molar-refractivity contribution >= 4 is 34.2 Å². The van der Waals surface area contributed by atoms with Crippen LogP contribution >= 0.6 is 34.2 Å². The SMILES string of the molecule is CNCc1cc(Cl)c(OCc2ccc(I)cc2)c(OC)c1. The molecule has 0 heterocycles. The van der Waals surface area contributed by atoms with Crippen LogP contribution in [0.1, 0.15) is 11.1 Å². The fourth-order valence-corrected chi connectivity index (χ4v) is 2.60. The molecule has 5 heteroatoms. The van der Waals surface area contributed by atoms with E-state index in [2.05, 4.69) is 27.9 Å². The first kappa shape index (κ1) is 16.4. The molecule has 21 heavy (non-hydrogen) atoms. The molecule has 0 saturated carbocycles. The Morgan fingerprint density at radius 1 is 1.14 bits per heavy atom. The van der Waals surface area contributed by atoms with Gasteiger partial charge >= 0.3 is 0 Å². The van der Waals surface area contributed by atoms with Crippen molar-refractivity contribution in [1.82, 2.24) is 5.32 Å². The van der Waals surface area contributed by atoms with Crippen molar-refractivity contribution in [3.8, 4) is 11.5 Å². The van der Waals surface area contributed by atoms with Crippen LogP contribution in [0, 0.1) is 3.57 Å². The summed E-state index contributed by atoms with van der Waals surface area (Å²) in [6, 6.07) is 12.0. The van der Waals surface area contributed by atoms with Gasteiger partial charge in [0.15, 0.2) is 11.5 Å². The minimum atomic E-state index is 0.457. The van der Waals surface area contributed by atoms with Crippen LogP contribution in [0.2, 0.25) is 5.02 Å². The summed E-state index contributed by atoms with van der Waals surface area (Å²) in [5, 5.41) is 3.65. The molecule has 0 atom stereocenters. The summed E-state index contributed by atoms with van der Waals surface area (Å²) in [5.74, 6) is 1.23. The first-order chi connectivity index (χ1) is 10.1. The van der Waals surface area contributed by atoms with E-state index >= 15 is 0 Å². The van der Waals surface area contributed by atoms with E-state index in [-0.39, 0.29) is 0 Å². The maximum atomic E-state index is 6.31. The quantitative estimate of drug-likeness (QED) is 0.713. The third kappa shape index (κ3) is 4.49. The number of hydrogen-bond donors (Lipinski definition) is 1. The van der Waals surface area contributed by atoms with E-state index in [1.165, 1.54) is 3.57 Å². The van der Waals surface area contributed by atoms with Crippen molar-refractivity contribution < 1.29 is 9.47 Å². The highest BCUT2D eigenvalue weighted by Crippen LogP contribution is 2.37. The summed E-state index contributed by atoms with van der Waals surface area (Å²) in [5.41, 5.74) is 2.15. The van der Waals surface area contributed by atoms with Crippen LogP contribution in [0.4, 0.5) is 0 Å². The van der Waals surface area contributed by atoms with Crippen molar-refractivity contribution in [3.63, 3.8) is 0 Å². The zero-order chi connectivity index (χ0) is 15.2. The van der Waals surface area contributed by atoms with Crippen LogP contribution in [-0.4, -0.2) is 14.2 Å². The molecule has 0 amide bonds. The van der Waals surface area contributed by atoms with Crippen molar-refractivity contribution in [1.29, 1.82) is 0 Å². The number of hydrogen-bond acceptors (Lipinski definition) is 3. The minimum Gasteiger partial charge on any atom is -0.493 e. The number of halogens is 2. The highest BCUT2D eigenvalue weighted by atomic mass is 127.